The molecule has 0 aliphatic heterocycles. The largest absolute Gasteiger partial charge is 0.449 e. The van der Waals surface area contributed by atoms with E-state index in [1.807, 2.05) is 144 Å². The van der Waals surface area contributed by atoms with Gasteiger partial charge in [0.2, 0.25) is 27.7 Å². The standard InChI is InChI=1S/C50H53N5O9S2/c1-34(56)28-29-43(47(59)52-31-46(58)55-66(62,63)30-16-27-45(57)51-2)53-48(60)44(54-49(61)64-32-42-40-25-14-12-23-38(40)39-24-13-15-26-41(39)42)33-65-50(35-17-6-3-7-18-35,36-19-8-4-9-20-36)37-21-10-5-11-22-37/h3-15,17-26,42-44H,16,27-33H2,1-2H3,(H,51,57)(H,52,59)(H,53,60)(H,54,61)(H,55,58). The molecule has 14 nitrogen and oxygen atoms in total. The summed E-state index contributed by atoms with van der Waals surface area (Å²) in [5.41, 5.74) is 6.79. The first-order valence-corrected chi connectivity index (χ1v) is 24.2. The predicted octanol–water partition coefficient (Wildman–Crippen LogP) is 5.56. The molecule has 6 rings (SSSR count). The van der Waals surface area contributed by atoms with Gasteiger partial charge < -0.3 is 30.8 Å². The van der Waals surface area contributed by atoms with Gasteiger partial charge >= 0.3 is 6.09 Å². The number of ketones is 1. The van der Waals surface area contributed by atoms with E-state index < -0.39 is 63.0 Å². The molecule has 0 saturated heterocycles. The molecule has 5 aromatic rings. The number of hydrogen-bond donors (Lipinski definition) is 5. The Morgan fingerprint density at radius 1 is 0.652 bits per heavy atom. The van der Waals surface area contributed by atoms with E-state index >= 15 is 0 Å². The summed E-state index contributed by atoms with van der Waals surface area (Å²) in [7, 11) is -2.72. The highest BCUT2D eigenvalue weighted by Crippen LogP contribution is 2.49. The maximum Gasteiger partial charge on any atom is 0.407 e. The predicted molar refractivity (Wildman–Crippen MR) is 254 cm³/mol. The van der Waals surface area contributed by atoms with E-state index in [4.69, 9.17) is 4.74 Å². The minimum atomic E-state index is -4.13. The van der Waals surface area contributed by atoms with Crippen LogP contribution in [-0.4, -0.2) is 87.7 Å². The highest BCUT2D eigenvalue weighted by Gasteiger charge is 2.39. The highest BCUT2D eigenvalue weighted by atomic mass is 32.2. The molecule has 0 radical (unpaired) electrons. The van der Waals surface area contributed by atoms with Crippen molar-refractivity contribution in [3.8, 4) is 11.1 Å². The average molecular weight is 932 g/mol. The molecular formula is C50H53N5O9S2. The lowest BCUT2D eigenvalue weighted by Crippen LogP contribution is -2.55. The van der Waals surface area contributed by atoms with Crippen molar-refractivity contribution < 1.29 is 41.9 Å². The SMILES string of the molecule is CNC(=O)CCCS(=O)(=O)NC(=O)CNC(=O)C(CCC(C)=O)NC(=O)C(CSC(c1ccccc1)(c1ccccc1)c1ccccc1)NC(=O)OCC1c2ccccc2-c2ccccc21. The number of nitrogens with one attached hydrogen (secondary N) is 5. The lowest BCUT2D eigenvalue weighted by atomic mass is 9.84. The first-order valence-electron chi connectivity index (χ1n) is 21.5. The third-order valence-electron chi connectivity index (χ3n) is 11.2. The third kappa shape index (κ3) is 12.5. The summed E-state index contributed by atoms with van der Waals surface area (Å²) in [4.78, 5) is 78.6. The van der Waals surface area contributed by atoms with E-state index in [1.54, 1.807) is 0 Å². The molecule has 5 amide bonds. The van der Waals surface area contributed by atoms with E-state index in [0.717, 1.165) is 38.9 Å². The average Bonchev–Trinajstić information content (AvgIpc) is 3.65. The first kappa shape index (κ1) is 48.7. The van der Waals surface area contributed by atoms with Gasteiger partial charge in [0.25, 0.3) is 5.91 Å². The summed E-state index contributed by atoms with van der Waals surface area (Å²) in [6, 6.07) is 42.4. The van der Waals surface area contributed by atoms with Crippen LogP contribution in [0.4, 0.5) is 4.79 Å². The number of benzene rings is 5. The van der Waals surface area contributed by atoms with E-state index in [-0.39, 0.29) is 55.7 Å². The zero-order chi connectivity index (χ0) is 47.1. The number of carbonyl (C=O) groups is 6. The summed E-state index contributed by atoms with van der Waals surface area (Å²) in [6.07, 6.45) is -1.27. The number of hydrogen-bond acceptors (Lipinski definition) is 10. The minimum absolute atomic E-state index is 0.0289. The maximum atomic E-state index is 14.6. The summed E-state index contributed by atoms with van der Waals surface area (Å²) < 4.78 is 31.8. The molecule has 2 unspecified atom stereocenters. The van der Waals surface area contributed by atoms with E-state index in [0.29, 0.717) is 0 Å². The lowest BCUT2D eigenvalue weighted by Gasteiger charge is -2.36. The second-order valence-electron chi connectivity index (χ2n) is 15.8. The fourth-order valence-electron chi connectivity index (χ4n) is 7.93. The van der Waals surface area contributed by atoms with Crippen molar-refractivity contribution >= 4 is 57.3 Å². The number of amides is 5. The van der Waals surface area contributed by atoms with Crippen molar-refractivity contribution in [3.05, 3.63) is 167 Å². The smallest absolute Gasteiger partial charge is 0.407 e. The molecular weight excluding hydrogens is 879 g/mol. The van der Waals surface area contributed by atoms with Crippen LogP contribution < -0.4 is 26.0 Å². The zero-order valence-corrected chi connectivity index (χ0v) is 38.3. The van der Waals surface area contributed by atoms with Gasteiger partial charge in [-0.05, 0) is 58.7 Å². The number of thioether (sulfide) groups is 1. The van der Waals surface area contributed by atoms with E-state index in [1.165, 1.54) is 25.7 Å². The molecule has 5 N–H and O–H groups in total. The summed E-state index contributed by atoms with van der Waals surface area (Å²) in [6.45, 7) is 0.525. The quantitative estimate of drug-likeness (QED) is 0.0547. The van der Waals surface area contributed by atoms with Crippen LogP contribution in [0.5, 0.6) is 0 Å². The second-order valence-corrected chi connectivity index (χ2v) is 18.8. The van der Waals surface area contributed by atoms with Gasteiger partial charge in [-0.25, -0.2) is 13.2 Å². The van der Waals surface area contributed by atoms with Gasteiger partial charge in [0.05, 0.1) is 17.0 Å². The van der Waals surface area contributed by atoms with Gasteiger partial charge in [0, 0.05) is 31.6 Å². The Morgan fingerprint density at radius 2 is 1.17 bits per heavy atom. The molecule has 66 heavy (non-hydrogen) atoms. The summed E-state index contributed by atoms with van der Waals surface area (Å²) >= 11 is 1.40. The summed E-state index contributed by atoms with van der Waals surface area (Å²) in [5, 5.41) is 10.2. The number of carbonyl (C=O) groups excluding carboxylic acids is 6. The zero-order valence-electron chi connectivity index (χ0n) is 36.7. The van der Waals surface area contributed by atoms with Crippen molar-refractivity contribution in [2.45, 2.75) is 55.4 Å². The van der Waals surface area contributed by atoms with Gasteiger partial charge in [-0.2, -0.15) is 0 Å². The molecule has 5 aromatic carbocycles. The van der Waals surface area contributed by atoms with Crippen LogP contribution in [0.1, 0.15) is 66.3 Å². The Morgan fingerprint density at radius 3 is 1.68 bits per heavy atom. The molecule has 0 spiro atoms. The fraction of sp³-hybridized carbons (Fsp3) is 0.280. The number of ether oxygens (including phenoxy) is 1. The third-order valence-corrected chi connectivity index (χ3v) is 14.2. The monoisotopic (exact) mass is 931 g/mol. The molecule has 0 fully saturated rings. The molecule has 0 aromatic heterocycles. The van der Waals surface area contributed by atoms with E-state index in [2.05, 4.69) is 21.3 Å². The number of Topliss-reactive ketones (excluding diaryl/α,β-unsaturated/α-hetero) is 1. The van der Waals surface area contributed by atoms with Crippen molar-refractivity contribution in [2.24, 2.45) is 0 Å². The molecule has 1 aliphatic carbocycles. The molecule has 344 valence electrons. The van der Waals surface area contributed by atoms with Gasteiger partial charge in [0.15, 0.2) is 0 Å². The van der Waals surface area contributed by atoms with Crippen molar-refractivity contribution in [3.63, 3.8) is 0 Å². The van der Waals surface area contributed by atoms with Crippen LogP contribution >= 0.6 is 11.8 Å². The van der Waals surface area contributed by atoms with Crippen LogP contribution in [0, 0.1) is 0 Å². The Balaban J connectivity index is 1.26. The van der Waals surface area contributed by atoms with Crippen LogP contribution in [0.25, 0.3) is 11.1 Å². The topological polar surface area (TPSA) is 206 Å². The highest BCUT2D eigenvalue weighted by molar-refractivity contribution is 8.00. The van der Waals surface area contributed by atoms with Gasteiger partial charge in [-0.1, -0.05) is 140 Å². The number of rotatable bonds is 22. The van der Waals surface area contributed by atoms with Gasteiger partial charge in [-0.15, -0.1) is 11.8 Å². The normalized spacial score (nSPS) is 12.9. The molecule has 2 atom stereocenters. The number of alkyl carbamates (subject to hydrolysis) is 1. The molecule has 0 saturated carbocycles. The Hall–Kier alpha value is -6.78. The Bertz CT molecular complexity index is 2470. The lowest BCUT2D eigenvalue weighted by molar-refractivity contribution is -0.131. The van der Waals surface area contributed by atoms with E-state index in [9.17, 15) is 37.2 Å². The van der Waals surface area contributed by atoms with Gasteiger partial charge in [-0.3, -0.25) is 23.9 Å². The molecule has 16 heteroatoms. The van der Waals surface area contributed by atoms with Gasteiger partial charge in [0.1, 0.15) is 24.5 Å². The second kappa shape index (κ2) is 22.9. The van der Waals surface area contributed by atoms with Crippen LogP contribution in [0.2, 0.25) is 0 Å². The van der Waals surface area contributed by atoms with Crippen LogP contribution in [0.15, 0.2) is 140 Å². The molecule has 0 bridgehead atoms. The molecule has 0 heterocycles. The van der Waals surface area contributed by atoms with Crippen molar-refractivity contribution in [1.29, 1.82) is 0 Å². The Labute approximate surface area is 389 Å². The number of fused-ring (bicyclic) bond motifs is 3. The van der Waals surface area contributed by atoms with Crippen LogP contribution in [-0.2, 0) is 43.5 Å². The van der Waals surface area contributed by atoms with Crippen LogP contribution in [0.3, 0.4) is 0 Å². The maximum absolute atomic E-state index is 14.6. The van der Waals surface area contributed by atoms with Crippen molar-refractivity contribution in [2.75, 3.05) is 31.7 Å². The Kier molecular flexibility index (Phi) is 16.9. The number of sulfonamides is 1. The minimum Gasteiger partial charge on any atom is -0.449 e. The van der Waals surface area contributed by atoms with Crippen molar-refractivity contribution in [1.82, 2.24) is 26.0 Å². The molecule has 1 aliphatic rings. The fourth-order valence-corrected chi connectivity index (χ4v) is 10.5. The first-order chi connectivity index (χ1) is 31.8. The summed E-state index contributed by atoms with van der Waals surface area (Å²) in [5.74, 6) is -4.14.